The summed E-state index contributed by atoms with van der Waals surface area (Å²) >= 11 is 0. The molecule has 1 aliphatic carbocycles. The standard InChI is InChI=1S/C18H33N5O2/c1-19-17(20-13-15(24)23-11-7-4-8-12-23)21-14-18(9-5-6-10-18)16(25)22(2)3/h4-14H2,1-3H3,(H2,19,20,21). The van der Waals surface area contributed by atoms with Crippen LogP contribution in [0.3, 0.4) is 0 Å². The molecule has 2 amide bonds. The summed E-state index contributed by atoms with van der Waals surface area (Å²) in [5.41, 5.74) is -0.349. The topological polar surface area (TPSA) is 77.0 Å². The number of guanidine groups is 1. The highest BCUT2D eigenvalue weighted by atomic mass is 16.2. The molecular formula is C18H33N5O2. The van der Waals surface area contributed by atoms with Gasteiger partial charge in [0, 0.05) is 40.8 Å². The number of nitrogens with one attached hydrogen (secondary N) is 2. The summed E-state index contributed by atoms with van der Waals surface area (Å²) in [6, 6.07) is 0. The molecule has 0 unspecified atom stereocenters. The summed E-state index contributed by atoms with van der Waals surface area (Å²) in [6.45, 7) is 2.51. The average molecular weight is 351 g/mol. The van der Waals surface area contributed by atoms with Gasteiger partial charge in [0.15, 0.2) is 5.96 Å². The molecule has 0 bridgehead atoms. The van der Waals surface area contributed by atoms with Gasteiger partial charge >= 0.3 is 0 Å². The summed E-state index contributed by atoms with van der Waals surface area (Å²) in [5, 5.41) is 6.37. The SMILES string of the molecule is CN=C(NCC(=O)N1CCCCC1)NCC1(C(=O)N(C)C)CCCC1. The lowest BCUT2D eigenvalue weighted by atomic mass is 9.84. The van der Waals surface area contributed by atoms with Crippen molar-refractivity contribution in [2.75, 3.05) is 47.3 Å². The summed E-state index contributed by atoms with van der Waals surface area (Å²) in [4.78, 5) is 32.7. The Bertz CT molecular complexity index is 492. The van der Waals surface area contributed by atoms with Gasteiger partial charge in [0.1, 0.15) is 0 Å². The minimum atomic E-state index is -0.349. The second-order valence-electron chi connectivity index (χ2n) is 7.41. The van der Waals surface area contributed by atoms with Gasteiger partial charge in [-0.15, -0.1) is 0 Å². The maximum Gasteiger partial charge on any atom is 0.241 e. The molecule has 2 rings (SSSR count). The fraction of sp³-hybridized carbons (Fsp3) is 0.833. The van der Waals surface area contributed by atoms with E-state index in [1.165, 1.54) is 6.42 Å². The van der Waals surface area contributed by atoms with Gasteiger partial charge in [0.25, 0.3) is 0 Å². The zero-order valence-corrected chi connectivity index (χ0v) is 15.9. The lowest BCUT2D eigenvalue weighted by Crippen LogP contribution is -2.51. The van der Waals surface area contributed by atoms with Crippen molar-refractivity contribution >= 4 is 17.8 Å². The van der Waals surface area contributed by atoms with Crippen LogP contribution in [0.4, 0.5) is 0 Å². The molecule has 0 atom stereocenters. The number of carbonyl (C=O) groups is 2. The van der Waals surface area contributed by atoms with Crippen LogP contribution in [0, 0.1) is 5.41 Å². The number of likely N-dealkylation sites (tertiary alicyclic amines) is 1. The molecule has 142 valence electrons. The van der Waals surface area contributed by atoms with E-state index in [1.54, 1.807) is 11.9 Å². The molecule has 0 spiro atoms. The van der Waals surface area contributed by atoms with Crippen molar-refractivity contribution < 1.29 is 9.59 Å². The lowest BCUT2D eigenvalue weighted by molar-refractivity contribution is -0.139. The van der Waals surface area contributed by atoms with E-state index in [4.69, 9.17) is 0 Å². The Morgan fingerprint density at radius 3 is 2.24 bits per heavy atom. The molecule has 2 aliphatic rings. The molecule has 25 heavy (non-hydrogen) atoms. The smallest absolute Gasteiger partial charge is 0.241 e. The number of nitrogens with zero attached hydrogens (tertiary/aromatic N) is 3. The van der Waals surface area contributed by atoms with Crippen molar-refractivity contribution in [2.45, 2.75) is 44.9 Å². The fourth-order valence-electron chi connectivity index (χ4n) is 3.88. The quantitative estimate of drug-likeness (QED) is 0.568. The predicted octanol–water partition coefficient (Wildman–Crippen LogP) is 0.813. The van der Waals surface area contributed by atoms with Crippen LogP contribution in [-0.4, -0.2) is 74.9 Å². The van der Waals surface area contributed by atoms with Crippen molar-refractivity contribution in [3.8, 4) is 0 Å². The summed E-state index contributed by atoms with van der Waals surface area (Å²) in [6.07, 6.45) is 7.37. The normalized spacial score (nSPS) is 20.3. The molecule has 0 aromatic rings. The van der Waals surface area contributed by atoms with Gasteiger partial charge in [-0.1, -0.05) is 12.8 Å². The van der Waals surface area contributed by atoms with Crippen LogP contribution >= 0.6 is 0 Å². The molecule has 1 aliphatic heterocycles. The van der Waals surface area contributed by atoms with Crippen LogP contribution in [-0.2, 0) is 9.59 Å². The van der Waals surface area contributed by atoms with Crippen LogP contribution in [0.25, 0.3) is 0 Å². The van der Waals surface area contributed by atoms with E-state index in [0.29, 0.717) is 12.5 Å². The van der Waals surface area contributed by atoms with Crippen molar-refractivity contribution in [1.29, 1.82) is 0 Å². The van der Waals surface area contributed by atoms with Gasteiger partial charge in [-0.05, 0) is 32.1 Å². The maximum absolute atomic E-state index is 12.6. The van der Waals surface area contributed by atoms with Crippen LogP contribution in [0.1, 0.15) is 44.9 Å². The Hall–Kier alpha value is -1.79. The van der Waals surface area contributed by atoms with E-state index in [-0.39, 0.29) is 23.8 Å². The first-order valence-corrected chi connectivity index (χ1v) is 9.42. The second kappa shape index (κ2) is 9.06. The molecule has 2 N–H and O–H groups in total. The third-order valence-electron chi connectivity index (χ3n) is 5.35. The molecule has 0 radical (unpaired) electrons. The molecule has 0 aromatic carbocycles. The summed E-state index contributed by atoms with van der Waals surface area (Å²) in [7, 11) is 5.31. The first kappa shape index (κ1) is 19.5. The molecular weight excluding hydrogens is 318 g/mol. The first-order chi connectivity index (χ1) is 12.0. The third-order valence-corrected chi connectivity index (χ3v) is 5.35. The number of rotatable bonds is 5. The van der Waals surface area contributed by atoms with E-state index in [0.717, 1.165) is 51.6 Å². The number of aliphatic imine (C=N–C) groups is 1. The van der Waals surface area contributed by atoms with Gasteiger partial charge in [0.05, 0.1) is 12.0 Å². The first-order valence-electron chi connectivity index (χ1n) is 9.42. The Labute approximate surface area is 151 Å². The monoisotopic (exact) mass is 351 g/mol. The average Bonchev–Trinajstić information content (AvgIpc) is 3.11. The minimum absolute atomic E-state index is 0.114. The highest BCUT2D eigenvalue weighted by molar-refractivity contribution is 5.87. The van der Waals surface area contributed by atoms with Crippen LogP contribution < -0.4 is 10.6 Å². The molecule has 1 saturated carbocycles. The lowest BCUT2D eigenvalue weighted by Gasteiger charge is -2.31. The van der Waals surface area contributed by atoms with E-state index in [2.05, 4.69) is 15.6 Å². The largest absolute Gasteiger partial charge is 0.355 e. The number of amides is 2. The van der Waals surface area contributed by atoms with Crippen molar-refractivity contribution in [2.24, 2.45) is 10.4 Å². The van der Waals surface area contributed by atoms with Crippen LogP contribution in [0.15, 0.2) is 4.99 Å². The molecule has 7 heteroatoms. The van der Waals surface area contributed by atoms with Gasteiger partial charge in [-0.25, -0.2) is 0 Å². The summed E-state index contributed by atoms with van der Waals surface area (Å²) < 4.78 is 0. The Morgan fingerprint density at radius 2 is 1.68 bits per heavy atom. The number of piperidine rings is 1. The van der Waals surface area contributed by atoms with Crippen molar-refractivity contribution in [3.05, 3.63) is 0 Å². The zero-order valence-electron chi connectivity index (χ0n) is 15.9. The third kappa shape index (κ3) is 5.09. The summed E-state index contributed by atoms with van der Waals surface area (Å²) in [5.74, 6) is 0.878. The number of carbonyl (C=O) groups excluding carboxylic acids is 2. The van der Waals surface area contributed by atoms with E-state index >= 15 is 0 Å². The number of hydrogen-bond donors (Lipinski definition) is 2. The molecule has 2 fully saturated rings. The highest BCUT2D eigenvalue weighted by Crippen LogP contribution is 2.38. The molecule has 7 nitrogen and oxygen atoms in total. The highest BCUT2D eigenvalue weighted by Gasteiger charge is 2.42. The second-order valence-corrected chi connectivity index (χ2v) is 7.41. The van der Waals surface area contributed by atoms with E-state index < -0.39 is 0 Å². The molecule has 0 aromatic heterocycles. The Morgan fingerprint density at radius 1 is 1.04 bits per heavy atom. The van der Waals surface area contributed by atoms with E-state index in [9.17, 15) is 9.59 Å². The predicted molar refractivity (Wildman–Crippen MR) is 99.4 cm³/mol. The van der Waals surface area contributed by atoms with Gasteiger partial charge < -0.3 is 20.4 Å². The van der Waals surface area contributed by atoms with Crippen molar-refractivity contribution in [3.63, 3.8) is 0 Å². The zero-order chi connectivity index (χ0) is 18.3. The molecule has 1 saturated heterocycles. The maximum atomic E-state index is 12.6. The fourth-order valence-corrected chi connectivity index (χ4v) is 3.88. The van der Waals surface area contributed by atoms with Crippen LogP contribution in [0.5, 0.6) is 0 Å². The van der Waals surface area contributed by atoms with Gasteiger partial charge in [-0.3, -0.25) is 14.6 Å². The number of hydrogen-bond acceptors (Lipinski definition) is 3. The van der Waals surface area contributed by atoms with Crippen molar-refractivity contribution in [1.82, 2.24) is 20.4 Å². The van der Waals surface area contributed by atoms with Crippen LogP contribution in [0.2, 0.25) is 0 Å². The minimum Gasteiger partial charge on any atom is -0.355 e. The van der Waals surface area contributed by atoms with E-state index in [1.807, 2.05) is 19.0 Å². The van der Waals surface area contributed by atoms with Gasteiger partial charge in [0.2, 0.25) is 11.8 Å². The molecule has 1 heterocycles. The Balaban J connectivity index is 1.84. The Kier molecular flexibility index (Phi) is 7.08. The van der Waals surface area contributed by atoms with Gasteiger partial charge in [-0.2, -0.15) is 0 Å².